The molecular formula is C34H44F8O2. The number of allylic oxidation sites excluding steroid dienone is 2. The fourth-order valence-corrected chi connectivity index (χ4v) is 7.60. The number of hydrogen-bond acceptors (Lipinski definition) is 2. The highest BCUT2D eigenvalue weighted by Gasteiger charge is 2.45. The van der Waals surface area contributed by atoms with Gasteiger partial charge in [0.05, 0.1) is 5.92 Å². The number of rotatable bonds is 12. The largest absolute Gasteiger partial charge is 0.453 e. The second-order valence-corrected chi connectivity index (χ2v) is 13.0. The van der Waals surface area contributed by atoms with E-state index in [-0.39, 0.29) is 31.9 Å². The van der Waals surface area contributed by atoms with Gasteiger partial charge in [-0.25, -0.2) is 17.6 Å². The fourth-order valence-electron chi connectivity index (χ4n) is 7.60. The molecule has 3 saturated carbocycles. The number of hydrogen-bond donors (Lipinski definition) is 0. The van der Waals surface area contributed by atoms with Crippen molar-refractivity contribution in [1.29, 1.82) is 0 Å². The standard InChI is InChI=1S/C34H44F8O2/c1-2-3-4-5-21-6-8-22(9-7-21)23-10-12-24(13-11-23)31(39)32(40)25-14-16-26(17-15-25)34(41,42)44-27-18-28(35)33(29(36)19-27)43-20-30(37)38/h18-26H,2-17H2,1H3. The summed E-state index contributed by atoms with van der Waals surface area (Å²) >= 11 is 0. The molecule has 0 aromatic heterocycles. The summed E-state index contributed by atoms with van der Waals surface area (Å²) in [6.45, 7) is 2.22. The lowest BCUT2D eigenvalue weighted by Gasteiger charge is -2.38. The van der Waals surface area contributed by atoms with Crippen LogP contribution in [0.5, 0.6) is 11.5 Å². The Hall–Kier alpha value is -2.26. The minimum atomic E-state index is -3.84. The van der Waals surface area contributed by atoms with Gasteiger partial charge in [-0.3, -0.25) is 0 Å². The van der Waals surface area contributed by atoms with Crippen LogP contribution in [0, 0.1) is 47.1 Å². The van der Waals surface area contributed by atoms with Gasteiger partial charge in [-0.05, 0) is 82.0 Å². The van der Waals surface area contributed by atoms with Crippen molar-refractivity contribution in [1.82, 2.24) is 0 Å². The Bertz CT molecular complexity index is 1100. The molecule has 3 aliphatic rings. The fraction of sp³-hybridized carbons (Fsp3) is 0.706. The lowest BCUT2D eigenvalue weighted by atomic mass is 9.68. The van der Waals surface area contributed by atoms with E-state index in [1.54, 1.807) is 0 Å². The Labute approximate surface area is 255 Å². The van der Waals surface area contributed by atoms with E-state index >= 15 is 8.78 Å². The molecule has 0 heterocycles. The van der Waals surface area contributed by atoms with Crippen molar-refractivity contribution in [2.45, 2.75) is 116 Å². The van der Waals surface area contributed by atoms with E-state index in [1.165, 1.54) is 51.4 Å². The van der Waals surface area contributed by atoms with Crippen LogP contribution in [0.4, 0.5) is 35.1 Å². The van der Waals surface area contributed by atoms with Gasteiger partial charge in [0, 0.05) is 24.0 Å². The molecule has 4 rings (SSSR count). The molecule has 0 spiro atoms. The van der Waals surface area contributed by atoms with Crippen LogP contribution in [0.3, 0.4) is 0 Å². The molecular weight excluding hydrogens is 592 g/mol. The maximum Gasteiger partial charge on any atom is 0.400 e. The van der Waals surface area contributed by atoms with Gasteiger partial charge in [-0.2, -0.15) is 17.6 Å². The Morgan fingerprint density at radius 2 is 1.25 bits per heavy atom. The molecule has 0 atom stereocenters. The van der Waals surface area contributed by atoms with E-state index in [0.717, 1.165) is 18.8 Å². The molecule has 10 heteroatoms. The van der Waals surface area contributed by atoms with Gasteiger partial charge in [-0.1, -0.05) is 45.4 Å². The van der Waals surface area contributed by atoms with Crippen LogP contribution >= 0.6 is 0 Å². The normalized spacial score (nSPS) is 28.7. The minimum absolute atomic E-state index is 0.00363. The summed E-state index contributed by atoms with van der Waals surface area (Å²) in [6.07, 6.45) is 6.50. The number of unbranched alkanes of at least 4 members (excludes halogenated alkanes) is 2. The first-order chi connectivity index (χ1) is 21.0. The Kier molecular flexibility index (Phi) is 12.5. The van der Waals surface area contributed by atoms with E-state index in [1.807, 2.05) is 0 Å². The molecule has 3 fully saturated rings. The predicted octanol–water partition coefficient (Wildman–Crippen LogP) is 12.2. The van der Waals surface area contributed by atoms with Gasteiger partial charge in [0.1, 0.15) is 17.4 Å². The second-order valence-electron chi connectivity index (χ2n) is 13.0. The van der Waals surface area contributed by atoms with Gasteiger partial charge in [0.15, 0.2) is 23.6 Å². The van der Waals surface area contributed by atoms with Crippen molar-refractivity contribution in [3.8, 4) is 11.5 Å². The molecule has 1 aromatic carbocycles. The quantitative estimate of drug-likeness (QED) is 0.129. The Morgan fingerprint density at radius 1 is 0.750 bits per heavy atom. The Balaban J connectivity index is 1.24. The summed E-state index contributed by atoms with van der Waals surface area (Å²) < 4.78 is 122. The molecule has 1 aromatic rings. The van der Waals surface area contributed by atoms with Crippen LogP contribution in [0.25, 0.3) is 0 Å². The predicted molar refractivity (Wildman–Crippen MR) is 153 cm³/mol. The van der Waals surface area contributed by atoms with E-state index in [0.29, 0.717) is 36.8 Å². The third-order valence-corrected chi connectivity index (χ3v) is 10.2. The van der Waals surface area contributed by atoms with Crippen molar-refractivity contribution in [2.24, 2.45) is 35.5 Å². The summed E-state index contributed by atoms with van der Waals surface area (Å²) in [5.74, 6) is -7.16. The highest BCUT2D eigenvalue weighted by Crippen LogP contribution is 2.47. The van der Waals surface area contributed by atoms with Crippen molar-refractivity contribution >= 4 is 0 Å². The van der Waals surface area contributed by atoms with Crippen molar-refractivity contribution in [3.05, 3.63) is 47.8 Å². The summed E-state index contributed by atoms with van der Waals surface area (Å²) in [5, 5.41) is 0. The molecule has 0 aliphatic heterocycles. The average Bonchev–Trinajstić information content (AvgIpc) is 3.00. The van der Waals surface area contributed by atoms with Gasteiger partial charge < -0.3 is 9.47 Å². The molecule has 0 unspecified atom stereocenters. The van der Waals surface area contributed by atoms with Gasteiger partial charge in [0.2, 0.25) is 0 Å². The molecule has 3 aliphatic carbocycles. The molecule has 248 valence electrons. The molecule has 0 bridgehead atoms. The summed E-state index contributed by atoms with van der Waals surface area (Å²) in [5.41, 5.74) is 0. The van der Waals surface area contributed by atoms with E-state index in [4.69, 9.17) is 0 Å². The maximum absolute atomic E-state index is 15.3. The highest BCUT2D eigenvalue weighted by molar-refractivity contribution is 5.35. The van der Waals surface area contributed by atoms with Crippen molar-refractivity contribution in [2.75, 3.05) is 0 Å². The summed E-state index contributed by atoms with van der Waals surface area (Å²) in [6, 6.07) is 0.822. The number of halogens is 8. The van der Waals surface area contributed by atoms with Crippen LogP contribution in [0.1, 0.15) is 110 Å². The number of alkyl halides is 2. The van der Waals surface area contributed by atoms with Crippen LogP contribution in [0.2, 0.25) is 0 Å². The van der Waals surface area contributed by atoms with Gasteiger partial charge in [-0.15, -0.1) is 0 Å². The smallest absolute Gasteiger partial charge is 0.400 e. The number of ether oxygens (including phenoxy) is 2. The monoisotopic (exact) mass is 636 g/mol. The van der Waals surface area contributed by atoms with E-state index in [2.05, 4.69) is 16.4 Å². The first-order valence-electron chi connectivity index (χ1n) is 16.3. The van der Waals surface area contributed by atoms with Crippen LogP contribution in [-0.2, 0) is 0 Å². The third kappa shape index (κ3) is 9.15. The molecule has 44 heavy (non-hydrogen) atoms. The zero-order valence-electron chi connectivity index (χ0n) is 25.4. The molecule has 0 amide bonds. The van der Waals surface area contributed by atoms with Crippen LogP contribution in [-0.4, -0.2) is 6.11 Å². The molecule has 2 nitrogen and oxygen atoms in total. The lowest BCUT2D eigenvalue weighted by molar-refractivity contribution is -0.223. The average molecular weight is 637 g/mol. The van der Waals surface area contributed by atoms with E-state index in [9.17, 15) is 26.3 Å². The van der Waals surface area contributed by atoms with Crippen LogP contribution in [0.15, 0.2) is 36.1 Å². The Morgan fingerprint density at radius 3 is 1.75 bits per heavy atom. The first kappa shape index (κ1) is 34.6. The summed E-state index contributed by atoms with van der Waals surface area (Å²) in [4.78, 5) is 0. The van der Waals surface area contributed by atoms with E-state index < -0.39 is 64.7 Å². The topological polar surface area (TPSA) is 18.5 Å². The maximum atomic E-state index is 15.3. The highest BCUT2D eigenvalue weighted by atomic mass is 19.3. The molecule has 0 radical (unpaired) electrons. The van der Waals surface area contributed by atoms with Crippen molar-refractivity contribution < 1.29 is 44.6 Å². The van der Waals surface area contributed by atoms with Crippen LogP contribution < -0.4 is 9.47 Å². The lowest BCUT2D eigenvalue weighted by Crippen LogP contribution is -2.37. The zero-order valence-corrected chi connectivity index (χ0v) is 25.4. The zero-order chi connectivity index (χ0) is 31.9. The van der Waals surface area contributed by atoms with Crippen molar-refractivity contribution in [3.63, 3.8) is 0 Å². The number of benzene rings is 1. The second kappa shape index (κ2) is 15.8. The van der Waals surface area contributed by atoms with Gasteiger partial charge in [0.25, 0.3) is 0 Å². The minimum Gasteiger partial charge on any atom is -0.453 e. The molecule has 0 N–H and O–H groups in total. The van der Waals surface area contributed by atoms with Gasteiger partial charge >= 0.3 is 12.2 Å². The first-order valence-corrected chi connectivity index (χ1v) is 16.3. The molecule has 0 saturated heterocycles. The SMILES string of the molecule is CCCCCC1CCC(C2CCC(C(F)=C(F)C3CCC(C(F)(F)Oc4cc(F)c(OC=C(F)F)c(F)c4)CC3)CC2)CC1. The third-order valence-electron chi connectivity index (χ3n) is 10.2. The summed E-state index contributed by atoms with van der Waals surface area (Å²) in [7, 11) is 0.